The number of hydrogen-bond acceptors (Lipinski definition) is 4. The second kappa shape index (κ2) is 6.05. The molecule has 0 saturated carbocycles. The van der Waals surface area contributed by atoms with E-state index in [1.165, 1.54) is 12.1 Å². The van der Waals surface area contributed by atoms with Crippen molar-refractivity contribution < 1.29 is 13.5 Å². The number of benzene rings is 2. The lowest BCUT2D eigenvalue weighted by molar-refractivity contribution is 0.253. The largest absolute Gasteiger partial charge is 0.481 e. The summed E-state index contributed by atoms with van der Waals surface area (Å²) >= 11 is 3.19. The average Bonchev–Trinajstić information content (AvgIpc) is 2.96. The molecule has 0 atom stereocenters. The van der Waals surface area contributed by atoms with Gasteiger partial charge in [-0.2, -0.15) is 0 Å². The van der Waals surface area contributed by atoms with Crippen LogP contribution in [0.4, 0.5) is 4.39 Å². The summed E-state index contributed by atoms with van der Waals surface area (Å²) in [5.74, 6) is 0.381. The van der Waals surface area contributed by atoms with Gasteiger partial charge < -0.3 is 9.15 Å². The quantitative estimate of drug-likeness (QED) is 0.708. The van der Waals surface area contributed by atoms with Crippen molar-refractivity contribution in [2.45, 2.75) is 6.61 Å². The van der Waals surface area contributed by atoms with Gasteiger partial charge in [-0.25, -0.2) is 4.39 Å². The standard InChI is InChI=1S/C15H10BrFN2O2/c16-11-6-7-13(12(17)8-11)20-9-14-18-19-15(21-14)10-4-2-1-3-5-10/h1-8H,9H2. The molecule has 0 fully saturated rings. The van der Waals surface area contributed by atoms with Crippen molar-refractivity contribution >= 4 is 15.9 Å². The summed E-state index contributed by atoms with van der Waals surface area (Å²) < 4.78 is 25.1. The van der Waals surface area contributed by atoms with E-state index in [0.717, 1.165) is 5.56 Å². The van der Waals surface area contributed by atoms with Gasteiger partial charge in [-0.3, -0.25) is 0 Å². The van der Waals surface area contributed by atoms with Gasteiger partial charge in [0, 0.05) is 10.0 Å². The van der Waals surface area contributed by atoms with Gasteiger partial charge in [0.05, 0.1) is 0 Å². The zero-order valence-corrected chi connectivity index (χ0v) is 12.4. The fourth-order valence-corrected chi connectivity index (χ4v) is 2.07. The molecular weight excluding hydrogens is 339 g/mol. The molecule has 3 rings (SSSR count). The van der Waals surface area contributed by atoms with Crippen LogP contribution in [0.1, 0.15) is 5.89 Å². The maximum Gasteiger partial charge on any atom is 0.254 e. The maximum absolute atomic E-state index is 13.6. The summed E-state index contributed by atoms with van der Waals surface area (Å²) in [6, 6.07) is 14.0. The molecule has 6 heteroatoms. The Morgan fingerprint density at radius 3 is 2.67 bits per heavy atom. The summed E-state index contributed by atoms with van der Waals surface area (Å²) in [6.45, 7) is 0.0123. The van der Waals surface area contributed by atoms with Gasteiger partial charge >= 0.3 is 0 Å². The first-order valence-electron chi connectivity index (χ1n) is 6.18. The Kier molecular flexibility index (Phi) is 3.96. The lowest BCUT2D eigenvalue weighted by atomic mass is 10.2. The zero-order valence-electron chi connectivity index (χ0n) is 10.8. The Bertz CT molecular complexity index is 746. The molecule has 0 saturated heterocycles. The van der Waals surface area contributed by atoms with Crippen LogP contribution in [0, 0.1) is 5.82 Å². The molecule has 3 aromatic rings. The second-order valence-electron chi connectivity index (χ2n) is 4.23. The van der Waals surface area contributed by atoms with E-state index in [9.17, 15) is 4.39 Å². The van der Waals surface area contributed by atoms with Crippen molar-refractivity contribution in [3.63, 3.8) is 0 Å². The fraction of sp³-hybridized carbons (Fsp3) is 0.0667. The van der Waals surface area contributed by atoms with Crippen LogP contribution in [0.25, 0.3) is 11.5 Å². The monoisotopic (exact) mass is 348 g/mol. The minimum absolute atomic E-state index is 0.0123. The van der Waals surface area contributed by atoms with Crippen LogP contribution in [0.5, 0.6) is 5.75 Å². The van der Waals surface area contributed by atoms with Crippen molar-refractivity contribution in [2.24, 2.45) is 0 Å². The van der Waals surface area contributed by atoms with Crippen molar-refractivity contribution in [1.29, 1.82) is 0 Å². The first kappa shape index (κ1) is 13.8. The highest BCUT2D eigenvalue weighted by Gasteiger charge is 2.10. The van der Waals surface area contributed by atoms with E-state index in [4.69, 9.17) is 9.15 Å². The molecule has 0 amide bonds. The van der Waals surface area contributed by atoms with Gasteiger partial charge in [-0.05, 0) is 30.3 Å². The lowest BCUT2D eigenvalue weighted by Gasteiger charge is -2.04. The number of aromatic nitrogens is 2. The van der Waals surface area contributed by atoms with E-state index in [2.05, 4.69) is 26.1 Å². The predicted octanol–water partition coefficient (Wildman–Crippen LogP) is 4.22. The second-order valence-corrected chi connectivity index (χ2v) is 5.15. The molecule has 21 heavy (non-hydrogen) atoms. The van der Waals surface area contributed by atoms with Crippen molar-refractivity contribution in [2.75, 3.05) is 0 Å². The van der Waals surface area contributed by atoms with Gasteiger partial charge in [0.2, 0.25) is 5.89 Å². The van der Waals surface area contributed by atoms with Crippen LogP contribution in [0.3, 0.4) is 0 Å². The number of ether oxygens (including phenoxy) is 1. The Labute approximate surface area is 128 Å². The Balaban J connectivity index is 1.70. The molecule has 106 valence electrons. The normalized spacial score (nSPS) is 10.6. The van der Waals surface area contributed by atoms with Gasteiger partial charge in [0.15, 0.2) is 18.2 Å². The topological polar surface area (TPSA) is 48.2 Å². The van der Waals surface area contributed by atoms with Crippen molar-refractivity contribution in [3.05, 3.63) is 64.7 Å². The van der Waals surface area contributed by atoms with E-state index >= 15 is 0 Å². The Morgan fingerprint density at radius 1 is 1.10 bits per heavy atom. The third-order valence-electron chi connectivity index (χ3n) is 2.73. The minimum Gasteiger partial charge on any atom is -0.481 e. The minimum atomic E-state index is -0.452. The number of hydrogen-bond donors (Lipinski definition) is 0. The van der Waals surface area contributed by atoms with Crippen LogP contribution in [-0.2, 0) is 6.61 Å². The highest BCUT2D eigenvalue weighted by molar-refractivity contribution is 9.10. The van der Waals surface area contributed by atoms with Crippen LogP contribution in [0.2, 0.25) is 0 Å². The molecule has 0 bridgehead atoms. The summed E-state index contributed by atoms with van der Waals surface area (Å²) in [5, 5.41) is 7.82. The van der Waals surface area contributed by atoms with Crippen molar-refractivity contribution in [3.8, 4) is 17.2 Å². The van der Waals surface area contributed by atoms with Crippen LogP contribution in [-0.4, -0.2) is 10.2 Å². The molecule has 4 nitrogen and oxygen atoms in total. The van der Waals surface area contributed by atoms with Crippen LogP contribution < -0.4 is 4.74 Å². The number of nitrogens with zero attached hydrogens (tertiary/aromatic N) is 2. The van der Waals surface area contributed by atoms with Gasteiger partial charge in [-0.1, -0.05) is 34.1 Å². The Morgan fingerprint density at radius 2 is 1.90 bits per heavy atom. The average molecular weight is 349 g/mol. The van der Waals surface area contributed by atoms with E-state index in [1.807, 2.05) is 30.3 Å². The third-order valence-corrected chi connectivity index (χ3v) is 3.23. The molecule has 0 N–H and O–H groups in total. The van der Waals surface area contributed by atoms with Crippen LogP contribution >= 0.6 is 15.9 Å². The highest BCUT2D eigenvalue weighted by atomic mass is 79.9. The lowest BCUT2D eigenvalue weighted by Crippen LogP contribution is -1.97. The maximum atomic E-state index is 13.6. The smallest absolute Gasteiger partial charge is 0.254 e. The summed E-state index contributed by atoms with van der Waals surface area (Å²) in [7, 11) is 0. The Hall–Kier alpha value is -2.21. The molecular formula is C15H10BrFN2O2. The number of halogens is 2. The molecule has 1 aromatic heterocycles. The van der Waals surface area contributed by atoms with E-state index in [1.54, 1.807) is 6.07 Å². The third kappa shape index (κ3) is 3.28. The summed E-state index contributed by atoms with van der Waals surface area (Å²) in [5.41, 5.74) is 0.825. The fourth-order valence-electron chi connectivity index (χ4n) is 1.74. The first-order valence-corrected chi connectivity index (χ1v) is 6.97. The molecule has 0 radical (unpaired) electrons. The summed E-state index contributed by atoms with van der Waals surface area (Å²) in [6.07, 6.45) is 0. The molecule has 0 unspecified atom stereocenters. The molecule has 0 aliphatic carbocycles. The van der Waals surface area contributed by atoms with Gasteiger partial charge in [0.1, 0.15) is 0 Å². The van der Waals surface area contributed by atoms with E-state index < -0.39 is 5.82 Å². The van der Waals surface area contributed by atoms with Crippen LogP contribution in [0.15, 0.2) is 57.4 Å². The molecule has 1 heterocycles. The molecule has 2 aromatic carbocycles. The molecule has 0 aliphatic heterocycles. The van der Waals surface area contributed by atoms with E-state index in [-0.39, 0.29) is 18.2 Å². The number of rotatable bonds is 4. The van der Waals surface area contributed by atoms with Gasteiger partial charge in [0.25, 0.3) is 5.89 Å². The summed E-state index contributed by atoms with van der Waals surface area (Å²) in [4.78, 5) is 0. The highest BCUT2D eigenvalue weighted by Crippen LogP contribution is 2.23. The SMILES string of the molecule is Fc1cc(Br)ccc1OCc1nnc(-c2ccccc2)o1. The molecule has 0 aliphatic rings. The zero-order chi connectivity index (χ0) is 14.7. The van der Waals surface area contributed by atoms with Gasteiger partial charge in [-0.15, -0.1) is 10.2 Å². The molecule has 0 spiro atoms. The first-order chi connectivity index (χ1) is 10.2. The van der Waals surface area contributed by atoms with E-state index in [0.29, 0.717) is 10.4 Å². The predicted molar refractivity (Wildman–Crippen MR) is 78.2 cm³/mol. The van der Waals surface area contributed by atoms with Crippen molar-refractivity contribution in [1.82, 2.24) is 10.2 Å².